The highest BCUT2D eigenvalue weighted by Gasteiger charge is 2.07. The normalized spacial score (nSPS) is 22.8. The Hall–Kier alpha value is -0.300. The molecule has 1 atom stereocenters. The van der Waals surface area contributed by atoms with Crippen LogP contribution in [-0.4, -0.2) is 12.7 Å². The van der Waals surface area contributed by atoms with Crippen molar-refractivity contribution in [3.05, 3.63) is 12.2 Å². The first kappa shape index (κ1) is 8.79. The summed E-state index contributed by atoms with van der Waals surface area (Å²) in [6, 6.07) is 0. The lowest BCUT2D eigenvalue weighted by Gasteiger charge is -2.08. The van der Waals surface area contributed by atoms with Crippen LogP contribution in [0.1, 0.15) is 39.0 Å². The quantitative estimate of drug-likeness (QED) is 0.437. The van der Waals surface area contributed by atoms with Gasteiger partial charge in [0.2, 0.25) is 0 Å². The molecule has 0 N–H and O–H groups in total. The Balaban J connectivity index is 1.90. The molecule has 64 valence electrons. The van der Waals surface area contributed by atoms with Crippen molar-refractivity contribution >= 4 is 0 Å². The summed E-state index contributed by atoms with van der Waals surface area (Å²) in [6.45, 7) is 3.16. The van der Waals surface area contributed by atoms with Gasteiger partial charge in [0, 0.05) is 6.61 Å². The molecular formula is C10H18O. The molecule has 1 aliphatic carbocycles. The first-order chi connectivity index (χ1) is 5.43. The molecule has 0 aromatic rings. The van der Waals surface area contributed by atoms with Crippen molar-refractivity contribution in [1.82, 2.24) is 0 Å². The molecule has 0 saturated carbocycles. The minimum absolute atomic E-state index is 0.437. The minimum Gasteiger partial charge on any atom is -0.374 e. The molecule has 11 heavy (non-hydrogen) atoms. The molecule has 0 radical (unpaired) electrons. The van der Waals surface area contributed by atoms with E-state index in [1.165, 1.54) is 32.1 Å². The lowest BCUT2D eigenvalue weighted by molar-refractivity contribution is 0.0822. The van der Waals surface area contributed by atoms with Crippen LogP contribution in [0.5, 0.6) is 0 Å². The van der Waals surface area contributed by atoms with Gasteiger partial charge in [0.05, 0.1) is 6.10 Å². The summed E-state index contributed by atoms with van der Waals surface area (Å²) in [5.41, 5.74) is 0. The molecule has 0 bridgehead atoms. The van der Waals surface area contributed by atoms with Gasteiger partial charge in [-0.1, -0.05) is 31.9 Å². The van der Waals surface area contributed by atoms with Crippen LogP contribution in [0.2, 0.25) is 0 Å². The number of unbranched alkanes of at least 4 members (excludes halogenated alkanes) is 2. The van der Waals surface area contributed by atoms with E-state index in [1.54, 1.807) is 0 Å². The number of rotatable bonds is 5. The van der Waals surface area contributed by atoms with E-state index in [1.807, 2.05) is 0 Å². The standard InChI is InChI=1S/C10H18O/c1-2-3-6-9-11-10-7-4-5-8-10/h4,7,10H,2-3,5-6,8-9H2,1H3. The Morgan fingerprint density at radius 2 is 2.36 bits per heavy atom. The predicted molar refractivity (Wildman–Crippen MR) is 47.6 cm³/mol. The van der Waals surface area contributed by atoms with E-state index in [2.05, 4.69) is 19.1 Å². The monoisotopic (exact) mass is 154 g/mol. The predicted octanol–water partition coefficient (Wildman–Crippen LogP) is 2.91. The molecule has 0 aliphatic heterocycles. The third kappa shape index (κ3) is 3.57. The lowest BCUT2D eigenvalue weighted by Crippen LogP contribution is -2.07. The molecule has 0 spiro atoms. The summed E-state index contributed by atoms with van der Waals surface area (Å²) >= 11 is 0. The van der Waals surface area contributed by atoms with Crippen molar-refractivity contribution in [3.8, 4) is 0 Å². The fourth-order valence-electron chi connectivity index (χ4n) is 1.33. The van der Waals surface area contributed by atoms with Crippen LogP contribution in [0.15, 0.2) is 12.2 Å². The zero-order valence-corrected chi connectivity index (χ0v) is 7.38. The Labute approximate surface area is 69.4 Å². The Bertz CT molecular complexity index is 118. The second-order valence-corrected chi connectivity index (χ2v) is 3.12. The molecule has 1 rings (SSSR count). The van der Waals surface area contributed by atoms with Gasteiger partial charge in [-0.2, -0.15) is 0 Å². The highest BCUT2D eigenvalue weighted by Crippen LogP contribution is 2.13. The van der Waals surface area contributed by atoms with E-state index in [-0.39, 0.29) is 0 Å². The summed E-state index contributed by atoms with van der Waals surface area (Å²) in [5, 5.41) is 0. The number of ether oxygens (including phenoxy) is 1. The van der Waals surface area contributed by atoms with E-state index in [9.17, 15) is 0 Å². The minimum atomic E-state index is 0.437. The fourth-order valence-corrected chi connectivity index (χ4v) is 1.33. The van der Waals surface area contributed by atoms with Crippen LogP contribution in [0.25, 0.3) is 0 Å². The molecule has 1 aliphatic rings. The van der Waals surface area contributed by atoms with Crippen LogP contribution in [-0.2, 0) is 4.74 Å². The van der Waals surface area contributed by atoms with Gasteiger partial charge < -0.3 is 4.74 Å². The second-order valence-electron chi connectivity index (χ2n) is 3.12. The molecule has 0 fully saturated rings. The largest absolute Gasteiger partial charge is 0.374 e. The zero-order chi connectivity index (χ0) is 7.94. The molecule has 0 heterocycles. The summed E-state index contributed by atoms with van der Waals surface area (Å²) in [7, 11) is 0. The molecule has 1 unspecified atom stereocenters. The first-order valence-corrected chi connectivity index (χ1v) is 4.71. The summed E-state index contributed by atoms with van der Waals surface area (Å²) in [5.74, 6) is 0. The smallest absolute Gasteiger partial charge is 0.0758 e. The number of hydrogen-bond acceptors (Lipinski definition) is 1. The van der Waals surface area contributed by atoms with E-state index >= 15 is 0 Å². The van der Waals surface area contributed by atoms with Crippen LogP contribution >= 0.6 is 0 Å². The van der Waals surface area contributed by atoms with Crippen LogP contribution in [0, 0.1) is 0 Å². The van der Waals surface area contributed by atoms with Gasteiger partial charge in [-0.25, -0.2) is 0 Å². The highest BCUT2D eigenvalue weighted by molar-refractivity contribution is 4.97. The maximum Gasteiger partial charge on any atom is 0.0758 e. The van der Waals surface area contributed by atoms with Gasteiger partial charge in [0.25, 0.3) is 0 Å². The molecule has 0 aromatic heterocycles. The summed E-state index contributed by atoms with van der Waals surface area (Å²) < 4.78 is 5.62. The van der Waals surface area contributed by atoms with E-state index in [0.717, 1.165) is 6.61 Å². The third-order valence-corrected chi connectivity index (χ3v) is 2.05. The second kappa shape index (κ2) is 5.36. The Morgan fingerprint density at radius 1 is 1.45 bits per heavy atom. The lowest BCUT2D eigenvalue weighted by atomic mass is 10.2. The third-order valence-electron chi connectivity index (χ3n) is 2.05. The number of allylic oxidation sites excluding steroid dienone is 1. The van der Waals surface area contributed by atoms with Gasteiger partial charge in [-0.05, 0) is 19.3 Å². The molecule has 0 amide bonds. The van der Waals surface area contributed by atoms with E-state index in [4.69, 9.17) is 4.74 Å². The first-order valence-electron chi connectivity index (χ1n) is 4.71. The molecule has 0 saturated heterocycles. The maximum atomic E-state index is 5.62. The maximum absolute atomic E-state index is 5.62. The fraction of sp³-hybridized carbons (Fsp3) is 0.800. The van der Waals surface area contributed by atoms with Crippen molar-refractivity contribution in [1.29, 1.82) is 0 Å². The van der Waals surface area contributed by atoms with Crippen molar-refractivity contribution in [2.24, 2.45) is 0 Å². The molecular weight excluding hydrogens is 136 g/mol. The van der Waals surface area contributed by atoms with Crippen molar-refractivity contribution < 1.29 is 4.74 Å². The van der Waals surface area contributed by atoms with Gasteiger partial charge in [0.1, 0.15) is 0 Å². The van der Waals surface area contributed by atoms with Crippen molar-refractivity contribution in [3.63, 3.8) is 0 Å². The molecule has 1 nitrogen and oxygen atoms in total. The Morgan fingerprint density at radius 3 is 3.00 bits per heavy atom. The van der Waals surface area contributed by atoms with Gasteiger partial charge in [-0.3, -0.25) is 0 Å². The zero-order valence-electron chi connectivity index (χ0n) is 7.38. The molecule has 0 aromatic carbocycles. The average molecular weight is 154 g/mol. The number of hydrogen-bond donors (Lipinski definition) is 0. The van der Waals surface area contributed by atoms with Crippen molar-refractivity contribution in [2.75, 3.05) is 6.61 Å². The average Bonchev–Trinajstić information content (AvgIpc) is 2.50. The van der Waals surface area contributed by atoms with Gasteiger partial charge >= 0.3 is 0 Å². The van der Waals surface area contributed by atoms with Gasteiger partial charge in [-0.15, -0.1) is 0 Å². The van der Waals surface area contributed by atoms with Crippen LogP contribution in [0.4, 0.5) is 0 Å². The molecule has 1 heteroatoms. The van der Waals surface area contributed by atoms with Crippen LogP contribution < -0.4 is 0 Å². The topological polar surface area (TPSA) is 9.23 Å². The van der Waals surface area contributed by atoms with Crippen molar-refractivity contribution in [2.45, 2.75) is 45.1 Å². The summed E-state index contributed by atoms with van der Waals surface area (Å²) in [6.07, 6.45) is 11.1. The summed E-state index contributed by atoms with van der Waals surface area (Å²) in [4.78, 5) is 0. The van der Waals surface area contributed by atoms with E-state index < -0.39 is 0 Å². The highest BCUT2D eigenvalue weighted by atomic mass is 16.5. The van der Waals surface area contributed by atoms with E-state index in [0.29, 0.717) is 6.10 Å². The van der Waals surface area contributed by atoms with Crippen LogP contribution in [0.3, 0.4) is 0 Å². The van der Waals surface area contributed by atoms with Gasteiger partial charge in [0.15, 0.2) is 0 Å². The Kier molecular flexibility index (Phi) is 4.29. The SMILES string of the molecule is CCCCCOC1C=CCC1.